The summed E-state index contributed by atoms with van der Waals surface area (Å²) >= 11 is 3.29. The third-order valence-electron chi connectivity index (χ3n) is 3.26. The van der Waals surface area contributed by atoms with Gasteiger partial charge in [0.25, 0.3) is 5.91 Å². The van der Waals surface area contributed by atoms with Gasteiger partial charge in [0, 0.05) is 10.0 Å². The van der Waals surface area contributed by atoms with E-state index in [9.17, 15) is 18.4 Å². The molecule has 1 amide bonds. The minimum Gasteiger partial charge on any atom is -0.467 e. The number of hydrogen-bond acceptors (Lipinski definition) is 4. The molecule has 0 spiro atoms. The number of methoxy groups -OCH3 is 1. The van der Waals surface area contributed by atoms with E-state index in [2.05, 4.69) is 26.0 Å². The van der Waals surface area contributed by atoms with E-state index in [1.165, 1.54) is 31.4 Å². The Morgan fingerprint density at radius 1 is 1.04 bits per heavy atom. The van der Waals surface area contributed by atoms with Crippen LogP contribution >= 0.6 is 15.9 Å². The fourth-order valence-electron chi connectivity index (χ4n) is 2.05. The van der Waals surface area contributed by atoms with Crippen LogP contribution < -0.4 is 10.1 Å². The van der Waals surface area contributed by atoms with E-state index >= 15 is 0 Å². The van der Waals surface area contributed by atoms with Gasteiger partial charge in [-0.2, -0.15) is 8.78 Å². The minimum atomic E-state index is -2.94. The Morgan fingerprint density at radius 2 is 1.64 bits per heavy atom. The quantitative estimate of drug-likeness (QED) is 0.733. The summed E-state index contributed by atoms with van der Waals surface area (Å²) in [4.78, 5) is 24.3. The third kappa shape index (κ3) is 5.25. The third-order valence-corrected chi connectivity index (χ3v) is 3.79. The molecule has 0 aliphatic rings. The molecule has 0 fully saturated rings. The van der Waals surface area contributed by atoms with Crippen molar-refractivity contribution in [2.45, 2.75) is 12.7 Å². The van der Waals surface area contributed by atoms with Gasteiger partial charge in [-0.15, -0.1) is 0 Å². The minimum absolute atomic E-state index is 0.0658. The Kier molecular flexibility index (Phi) is 6.46. The highest BCUT2D eigenvalue weighted by atomic mass is 79.9. The summed E-state index contributed by atoms with van der Waals surface area (Å²) in [5.74, 6) is -1.25. The number of hydrogen-bond donors (Lipinski definition) is 1. The molecule has 0 aliphatic carbocycles. The number of benzene rings is 2. The standard InChI is InChI=1S/C17H14BrF2NO4/c1-24-16(23)14(10-2-6-12(18)7-3-10)21-15(22)11-4-8-13(9-5-11)25-17(19)20/h2-9,14,17H,1H3,(H,21,22)/t14-/m1/s1. The highest BCUT2D eigenvalue weighted by molar-refractivity contribution is 9.10. The first kappa shape index (κ1) is 18.9. The van der Waals surface area contributed by atoms with Crippen LogP contribution in [0.4, 0.5) is 8.78 Å². The summed E-state index contributed by atoms with van der Waals surface area (Å²) in [7, 11) is 1.22. The van der Waals surface area contributed by atoms with Crippen LogP contribution in [0.1, 0.15) is 22.0 Å². The Bertz CT molecular complexity index is 735. The average Bonchev–Trinajstić information content (AvgIpc) is 2.60. The Labute approximate surface area is 151 Å². The van der Waals surface area contributed by atoms with Crippen LogP contribution in [0.25, 0.3) is 0 Å². The molecule has 0 unspecified atom stereocenters. The van der Waals surface area contributed by atoms with E-state index < -0.39 is 24.5 Å². The van der Waals surface area contributed by atoms with Gasteiger partial charge in [-0.3, -0.25) is 4.79 Å². The lowest BCUT2D eigenvalue weighted by Crippen LogP contribution is -2.34. The first-order chi connectivity index (χ1) is 11.9. The first-order valence-electron chi connectivity index (χ1n) is 7.09. The second-order valence-electron chi connectivity index (χ2n) is 4.88. The summed E-state index contributed by atoms with van der Waals surface area (Å²) in [6.45, 7) is -2.94. The fourth-order valence-corrected chi connectivity index (χ4v) is 2.32. The summed E-state index contributed by atoms with van der Waals surface area (Å²) in [6, 6.07) is 10.9. The van der Waals surface area contributed by atoms with E-state index in [1.807, 2.05) is 0 Å². The van der Waals surface area contributed by atoms with Gasteiger partial charge in [-0.25, -0.2) is 4.79 Å². The molecule has 0 heterocycles. The number of halogens is 3. The number of carbonyl (C=O) groups excluding carboxylic acids is 2. The van der Waals surface area contributed by atoms with Crippen LogP contribution in [0.15, 0.2) is 53.0 Å². The zero-order valence-electron chi connectivity index (χ0n) is 13.0. The number of nitrogens with one attached hydrogen (secondary N) is 1. The first-order valence-corrected chi connectivity index (χ1v) is 7.89. The zero-order chi connectivity index (χ0) is 18.4. The maximum atomic E-state index is 12.3. The van der Waals surface area contributed by atoms with Gasteiger partial charge in [0.2, 0.25) is 0 Å². The molecule has 0 bridgehead atoms. The molecular formula is C17H14BrF2NO4. The monoisotopic (exact) mass is 413 g/mol. The van der Waals surface area contributed by atoms with Crippen LogP contribution in [-0.2, 0) is 9.53 Å². The lowest BCUT2D eigenvalue weighted by Gasteiger charge is -2.17. The van der Waals surface area contributed by atoms with Crippen molar-refractivity contribution < 1.29 is 27.8 Å². The van der Waals surface area contributed by atoms with Crippen molar-refractivity contribution in [1.82, 2.24) is 5.32 Å². The van der Waals surface area contributed by atoms with Crippen LogP contribution in [0.5, 0.6) is 5.75 Å². The normalized spacial score (nSPS) is 11.7. The summed E-state index contributed by atoms with van der Waals surface area (Å²) in [6.07, 6.45) is 0. The summed E-state index contributed by atoms with van der Waals surface area (Å²) < 4.78 is 34.0. The largest absolute Gasteiger partial charge is 0.467 e. The summed E-state index contributed by atoms with van der Waals surface area (Å²) in [5.41, 5.74) is 0.730. The van der Waals surface area contributed by atoms with Crippen molar-refractivity contribution in [3.8, 4) is 5.75 Å². The van der Waals surface area contributed by atoms with Crippen molar-refractivity contribution >= 4 is 27.8 Å². The number of esters is 1. The highest BCUT2D eigenvalue weighted by Crippen LogP contribution is 2.20. The predicted octanol–water partition coefficient (Wildman–Crippen LogP) is 3.69. The van der Waals surface area contributed by atoms with Crippen LogP contribution in [0.3, 0.4) is 0 Å². The number of carbonyl (C=O) groups is 2. The van der Waals surface area contributed by atoms with E-state index in [0.717, 1.165) is 4.47 Å². The molecule has 2 rings (SSSR count). The molecule has 1 atom stereocenters. The van der Waals surface area contributed by atoms with E-state index in [0.29, 0.717) is 5.56 Å². The zero-order valence-corrected chi connectivity index (χ0v) is 14.6. The lowest BCUT2D eigenvalue weighted by molar-refractivity contribution is -0.143. The van der Waals surface area contributed by atoms with Crippen LogP contribution in [0.2, 0.25) is 0 Å². The van der Waals surface area contributed by atoms with Gasteiger partial charge in [-0.1, -0.05) is 28.1 Å². The smallest absolute Gasteiger partial charge is 0.387 e. The molecule has 0 radical (unpaired) electrons. The van der Waals surface area contributed by atoms with Gasteiger partial charge in [-0.05, 0) is 42.0 Å². The molecule has 2 aromatic carbocycles. The maximum absolute atomic E-state index is 12.3. The second kappa shape index (κ2) is 8.57. The number of rotatable bonds is 6. The highest BCUT2D eigenvalue weighted by Gasteiger charge is 2.24. The van der Waals surface area contributed by atoms with Gasteiger partial charge < -0.3 is 14.8 Å². The molecular weight excluding hydrogens is 400 g/mol. The maximum Gasteiger partial charge on any atom is 0.387 e. The molecule has 0 aliphatic heterocycles. The summed E-state index contributed by atoms with van der Waals surface area (Å²) in [5, 5.41) is 2.56. The number of alkyl halides is 2. The number of ether oxygens (including phenoxy) is 2. The van der Waals surface area contributed by atoms with Crippen molar-refractivity contribution in [2.24, 2.45) is 0 Å². The Morgan fingerprint density at radius 3 is 2.16 bits per heavy atom. The van der Waals surface area contributed by atoms with Crippen molar-refractivity contribution in [1.29, 1.82) is 0 Å². The van der Waals surface area contributed by atoms with Gasteiger partial charge in [0.05, 0.1) is 7.11 Å². The van der Waals surface area contributed by atoms with Crippen LogP contribution in [-0.4, -0.2) is 25.6 Å². The van der Waals surface area contributed by atoms with E-state index in [-0.39, 0.29) is 11.3 Å². The molecule has 25 heavy (non-hydrogen) atoms. The molecule has 0 aromatic heterocycles. The van der Waals surface area contributed by atoms with Gasteiger partial charge >= 0.3 is 12.6 Å². The van der Waals surface area contributed by atoms with Gasteiger partial charge in [0.15, 0.2) is 6.04 Å². The predicted molar refractivity (Wildman–Crippen MR) is 89.4 cm³/mol. The van der Waals surface area contributed by atoms with Gasteiger partial charge in [0.1, 0.15) is 5.75 Å². The molecule has 8 heteroatoms. The van der Waals surface area contributed by atoms with E-state index in [4.69, 9.17) is 4.74 Å². The molecule has 0 saturated heterocycles. The second-order valence-corrected chi connectivity index (χ2v) is 5.80. The molecule has 132 valence electrons. The average molecular weight is 414 g/mol. The molecule has 0 saturated carbocycles. The number of amides is 1. The molecule has 1 N–H and O–H groups in total. The van der Waals surface area contributed by atoms with Crippen molar-refractivity contribution in [2.75, 3.05) is 7.11 Å². The van der Waals surface area contributed by atoms with Crippen molar-refractivity contribution in [3.63, 3.8) is 0 Å². The molecule has 2 aromatic rings. The SMILES string of the molecule is COC(=O)[C@H](NC(=O)c1ccc(OC(F)F)cc1)c1ccc(Br)cc1. The Hall–Kier alpha value is -2.48. The van der Waals surface area contributed by atoms with Crippen molar-refractivity contribution in [3.05, 3.63) is 64.1 Å². The fraction of sp³-hybridized carbons (Fsp3) is 0.176. The molecule has 5 nitrogen and oxygen atoms in total. The van der Waals surface area contributed by atoms with Crippen LogP contribution in [0, 0.1) is 0 Å². The topological polar surface area (TPSA) is 64.6 Å². The lowest BCUT2D eigenvalue weighted by atomic mass is 10.1. The van der Waals surface area contributed by atoms with E-state index in [1.54, 1.807) is 24.3 Å². The Balaban J connectivity index is 2.16.